The van der Waals surface area contributed by atoms with Crippen LogP contribution in [0.1, 0.15) is 45.4 Å². The maximum atomic E-state index is 11.3. The first-order chi connectivity index (χ1) is 6.75. The van der Waals surface area contributed by atoms with Gasteiger partial charge in [-0.2, -0.15) is 0 Å². The Labute approximate surface area is 86.0 Å². The van der Waals surface area contributed by atoms with Crippen LogP contribution >= 0.6 is 0 Å². The third-order valence-corrected chi connectivity index (χ3v) is 3.71. The van der Waals surface area contributed by atoms with E-state index < -0.39 is 0 Å². The number of carbonyl (C=O) groups is 1. The lowest BCUT2D eigenvalue weighted by Crippen LogP contribution is -2.32. The van der Waals surface area contributed by atoms with Gasteiger partial charge in [0.15, 0.2) is 0 Å². The third kappa shape index (κ3) is 2.35. The number of rotatable bonds is 3. The molecule has 0 radical (unpaired) electrons. The molecule has 2 rings (SSSR count). The summed E-state index contributed by atoms with van der Waals surface area (Å²) in [5, 5.41) is 0. The summed E-state index contributed by atoms with van der Waals surface area (Å²) in [4.78, 5) is 11.3. The van der Waals surface area contributed by atoms with E-state index in [1.807, 2.05) is 0 Å². The summed E-state index contributed by atoms with van der Waals surface area (Å²) in [6, 6.07) is 0. The van der Waals surface area contributed by atoms with Crippen molar-refractivity contribution in [1.29, 1.82) is 0 Å². The minimum atomic E-state index is 0.219. The molecule has 0 amide bonds. The molecule has 2 saturated carbocycles. The number of ether oxygens (including phenoxy) is 1. The first kappa shape index (κ1) is 10.2. The lowest BCUT2D eigenvalue weighted by atomic mass is 9.85. The molecule has 0 aromatic carbocycles. The Balaban J connectivity index is 1.73. The molecule has 0 spiro atoms. The Hall–Kier alpha value is -0.370. The molecule has 2 heteroatoms. The van der Waals surface area contributed by atoms with E-state index in [-0.39, 0.29) is 6.10 Å². The monoisotopic (exact) mass is 196 g/mol. The van der Waals surface area contributed by atoms with Crippen molar-refractivity contribution in [3.05, 3.63) is 0 Å². The molecule has 2 nitrogen and oxygen atoms in total. The normalized spacial score (nSPS) is 34.2. The molecule has 0 aromatic heterocycles. The summed E-state index contributed by atoms with van der Waals surface area (Å²) in [7, 11) is 0. The molecule has 14 heavy (non-hydrogen) atoms. The zero-order valence-corrected chi connectivity index (χ0v) is 9.00. The molecule has 0 saturated heterocycles. The molecule has 2 unspecified atom stereocenters. The van der Waals surface area contributed by atoms with E-state index >= 15 is 0 Å². The minimum absolute atomic E-state index is 0.219. The van der Waals surface area contributed by atoms with Crippen LogP contribution in [0, 0.1) is 11.8 Å². The van der Waals surface area contributed by atoms with E-state index in [4.69, 9.17) is 4.74 Å². The highest BCUT2D eigenvalue weighted by atomic mass is 16.5. The zero-order valence-electron chi connectivity index (χ0n) is 9.00. The molecule has 0 bridgehead atoms. The van der Waals surface area contributed by atoms with Crippen LogP contribution in [0.2, 0.25) is 0 Å². The van der Waals surface area contributed by atoms with Crippen molar-refractivity contribution in [1.82, 2.24) is 0 Å². The van der Waals surface area contributed by atoms with E-state index in [9.17, 15) is 4.79 Å². The van der Waals surface area contributed by atoms with Gasteiger partial charge in [0.2, 0.25) is 0 Å². The Morgan fingerprint density at radius 2 is 2.14 bits per heavy atom. The average Bonchev–Trinajstić information content (AvgIpc) is 2.08. The highest BCUT2D eigenvalue weighted by Crippen LogP contribution is 2.29. The highest BCUT2D eigenvalue weighted by molar-refractivity contribution is 5.79. The van der Waals surface area contributed by atoms with Crippen LogP contribution in [-0.4, -0.2) is 18.5 Å². The predicted molar refractivity (Wildman–Crippen MR) is 55.1 cm³/mol. The molecule has 80 valence electrons. The smallest absolute Gasteiger partial charge is 0.135 e. The maximum Gasteiger partial charge on any atom is 0.135 e. The zero-order chi connectivity index (χ0) is 9.97. The Kier molecular flexibility index (Phi) is 3.22. The summed E-state index contributed by atoms with van der Waals surface area (Å²) in [6.45, 7) is 3.10. The number of hydrogen-bond donors (Lipinski definition) is 0. The molecule has 2 aliphatic rings. The number of ketones is 1. The van der Waals surface area contributed by atoms with Crippen LogP contribution in [0.5, 0.6) is 0 Å². The molecule has 0 aromatic rings. The fraction of sp³-hybridized carbons (Fsp3) is 0.917. The lowest BCUT2D eigenvalue weighted by Gasteiger charge is -2.32. The Morgan fingerprint density at radius 1 is 1.36 bits per heavy atom. The molecule has 0 heterocycles. The van der Waals surface area contributed by atoms with E-state index in [1.165, 1.54) is 19.3 Å². The van der Waals surface area contributed by atoms with Gasteiger partial charge in [0.1, 0.15) is 5.78 Å². The number of hydrogen-bond acceptors (Lipinski definition) is 2. The van der Waals surface area contributed by atoms with Crippen LogP contribution in [0.25, 0.3) is 0 Å². The van der Waals surface area contributed by atoms with Gasteiger partial charge in [-0.1, -0.05) is 13.3 Å². The summed E-state index contributed by atoms with van der Waals surface area (Å²) < 4.78 is 5.85. The van der Waals surface area contributed by atoms with Crippen LogP contribution in [0.4, 0.5) is 0 Å². The quantitative estimate of drug-likeness (QED) is 0.693. The third-order valence-electron chi connectivity index (χ3n) is 3.71. The SMILES string of the molecule is CC1CCC(=O)CC1OCC1CCC1. The molecular formula is C12H20O2. The molecule has 0 N–H and O–H groups in total. The Bertz CT molecular complexity index is 208. The molecule has 0 aliphatic heterocycles. The second kappa shape index (κ2) is 4.43. The summed E-state index contributed by atoms with van der Waals surface area (Å²) in [5.74, 6) is 1.76. The maximum absolute atomic E-state index is 11.3. The fourth-order valence-corrected chi connectivity index (χ4v) is 2.24. The fourth-order valence-electron chi connectivity index (χ4n) is 2.24. The van der Waals surface area contributed by atoms with Gasteiger partial charge in [0, 0.05) is 19.4 Å². The van der Waals surface area contributed by atoms with Crippen molar-refractivity contribution in [3.8, 4) is 0 Å². The predicted octanol–water partition coefficient (Wildman–Crippen LogP) is 2.56. The van der Waals surface area contributed by atoms with Gasteiger partial charge >= 0.3 is 0 Å². The van der Waals surface area contributed by atoms with Crippen LogP contribution in [0.3, 0.4) is 0 Å². The van der Waals surface area contributed by atoms with Gasteiger partial charge in [-0.3, -0.25) is 4.79 Å². The van der Waals surface area contributed by atoms with Crippen molar-refractivity contribution in [2.45, 2.75) is 51.6 Å². The van der Waals surface area contributed by atoms with Gasteiger partial charge in [-0.05, 0) is 31.1 Å². The van der Waals surface area contributed by atoms with Crippen LogP contribution in [-0.2, 0) is 9.53 Å². The van der Waals surface area contributed by atoms with Gasteiger partial charge in [0.25, 0.3) is 0 Å². The van der Waals surface area contributed by atoms with Crippen molar-refractivity contribution in [2.75, 3.05) is 6.61 Å². The van der Waals surface area contributed by atoms with E-state index in [2.05, 4.69) is 6.92 Å². The molecule has 2 aliphatic carbocycles. The minimum Gasteiger partial charge on any atom is -0.377 e. The van der Waals surface area contributed by atoms with E-state index in [0.29, 0.717) is 18.1 Å². The first-order valence-electron chi connectivity index (χ1n) is 5.89. The number of carbonyl (C=O) groups excluding carboxylic acids is 1. The van der Waals surface area contributed by atoms with Gasteiger partial charge in [-0.25, -0.2) is 0 Å². The highest BCUT2D eigenvalue weighted by Gasteiger charge is 2.28. The summed E-state index contributed by atoms with van der Waals surface area (Å²) in [5.41, 5.74) is 0. The average molecular weight is 196 g/mol. The van der Waals surface area contributed by atoms with Crippen LogP contribution in [0.15, 0.2) is 0 Å². The second-order valence-corrected chi connectivity index (χ2v) is 4.93. The van der Waals surface area contributed by atoms with Crippen molar-refractivity contribution in [2.24, 2.45) is 11.8 Å². The summed E-state index contributed by atoms with van der Waals surface area (Å²) in [6.07, 6.45) is 6.70. The largest absolute Gasteiger partial charge is 0.377 e. The standard InChI is InChI=1S/C12H20O2/c1-9-5-6-11(13)7-12(9)14-8-10-3-2-4-10/h9-10,12H,2-8H2,1H3. The number of Topliss-reactive ketones (excluding diaryl/α,β-unsaturated/α-hetero) is 1. The molecule has 2 fully saturated rings. The van der Waals surface area contributed by atoms with Gasteiger partial charge in [0.05, 0.1) is 6.10 Å². The van der Waals surface area contributed by atoms with E-state index in [0.717, 1.165) is 25.4 Å². The van der Waals surface area contributed by atoms with Crippen LogP contribution < -0.4 is 0 Å². The first-order valence-corrected chi connectivity index (χ1v) is 5.89. The molecule has 2 atom stereocenters. The summed E-state index contributed by atoms with van der Waals surface area (Å²) >= 11 is 0. The lowest BCUT2D eigenvalue weighted by molar-refractivity contribution is -0.128. The van der Waals surface area contributed by atoms with Crippen molar-refractivity contribution >= 4 is 5.78 Å². The van der Waals surface area contributed by atoms with Crippen molar-refractivity contribution in [3.63, 3.8) is 0 Å². The van der Waals surface area contributed by atoms with Gasteiger partial charge < -0.3 is 4.74 Å². The topological polar surface area (TPSA) is 26.3 Å². The Morgan fingerprint density at radius 3 is 2.79 bits per heavy atom. The van der Waals surface area contributed by atoms with Crippen molar-refractivity contribution < 1.29 is 9.53 Å². The van der Waals surface area contributed by atoms with Gasteiger partial charge in [-0.15, -0.1) is 0 Å². The molecular weight excluding hydrogens is 176 g/mol. The van der Waals surface area contributed by atoms with E-state index in [1.54, 1.807) is 0 Å². The second-order valence-electron chi connectivity index (χ2n) is 4.93.